The number of ether oxygens (including phenoxy) is 1. The number of esters is 1. The van der Waals surface area contributed by atoms with Crippen molar-refractivity contribution in [2.24, 2.45) is 16.1 Å². The van der Waals surface area contributed by atoms with Crippen LogP contribution in [0.1, 0.15) is 35.7 Å². The van der Waals surface area contributed by atoms with Crippen LogP contribution in [0, 0.1) is 5.92 Å². The molecule has 0 fully saturated rings. The van der Waals surface area contributed by atoms with E-state index in [2.05, 4.69) is 25.8 Å². The van der Waals surface area contributed by atoms with Crippen LogP contribution in [0.5, 0.6) is 0 Å². The van der Waals surface area contributed by atoms with Crippen molar-refractivity contribution in [1.82, 2.24) is 10.9 Å². The predicted molar refractivity (Wildman–Crippen MR) is 87.5 cm³/mol. The first kappa shape index (κ1) is 17.3. The zero-order valence-corrected chi connectivity index (χ0v) is 13.4. The number of nitrogens with one attached hydrogen (secondary N) is 2. The lowest BCUT2D eigenvalue weighted by Crippen LogP contribution is -2.25. The van der Waals surface area contributed by atoms with Crippen LogP contribution in [-0.4, -0.2) is 36.8 Å². The molecule has 126 valence electrons. The van der Waals surface area contributed by atoms with Gasteiger partial charge in [-0.05, 0) is 31.0 Å². The normalized spacial score (nSPS) is 16.7. The fourth-order valence-corrected chi connectivity index (χ4v) is 2.16. The van der Waals surface area contributed by atoms with Gasteiger partial charge in [-0.15, -0.1) is 0 Å². The third-order valence-electron chi connectivity index (χ3n) is 3.56. The van der Waals surface area contributed by atoms with Gasteiger partial charge in [-0.3, -0.25) is 9.59 Å². The Balaban J connectivity index is 1.79. The van der Waals surface area contributed by atoms with E-state index in [1.165, 1.54) is 13.3 Å². The molecule has 0 saturated heterocycles. The second-order valence-corrected chi connectivity index (χ2v) is 5.23. The van der Waals surface area contributed by atoms with Crippen LogP contribution >= 0.6 is 0 Å². The summed E-state index contributed by atoms with van der Waals surface area (Å²) in [6, 6.07) is 6.58. The quantitative estimate of drug-likeness (QED) is 0.457. The van der Waals surface area contributed by atoms with Gasteiger partial charge in [-0.1, -0.05) is 12.1 Å². The average molecular weight is 330 g/mol. The molecule has 24 heavy (non-hydrogen) atoms. The summed E-state index contributed by atoms with van der Waals surface area (Å²) in [5, 5.41) is 7.67. The third-order valence-corrected chi connectivity index (χ3v) is 3.56. The molecule has 0 aliphatic carbocycles. The Morgan fingerprint density at radius 3 is 2.67 bits per heavy atom. The van der Waals surface area contributed by atoms with Crippen LogP contribution in [0.3, 0.4) is 0 Å². The molecule has 2 rings (SSSR count). The Morgan fingerprint density at radius 2 is 2.08 bits per heavy atom. The minimum Gasteiger partial charge on any atom is -0.465 e. The Bertz CT molecular complexity index is 695. The number of amides is 2. The largest absolute Gasteiger partial charge is 0.465 e. The average Bonchev–Trinajstić information content (AvgIpc) is 2.91. The van der Waals surface area contributed by atoms with E-state index >= 15 is 0 Å². The Hall–Kier alpha value is -3.03. The van der Waals surface area contributed by atoms with Gasteiger partial charge in [0.1, 0.15) is 0 Å². The first-order valence-corrected chi connectivity index (χ1v) is 7.35. The summed E-state index contributed by atoms with van der Waals surface area (Å²) < 4.78 is 4.61. The SMILES string of the molecule is COC(=O)c1ccc(/C=N/NC(=O)CC[C@@H]2C(=O)NN=C2C)cc1. The van der Waals surface area contributed by atoms with Crippen molar-refractivity contribution in [3.05, 3.63) is 35.4 Å². The second kappa shape index (κ2) is 8.00. The molecule has 0 saturated carbocycles. The van der Waals surface area contributed by atoms with Crippen LogP contribution < -0.4 is 10.9 Å². The van der Waals surface area contributed by atoms with E-state index < -0.39 is 5.97 Å². The van der Waals surface area contributed by atoms with E-state index in [-0.39, 0.29) is 24.2 Å². The van der Waals surface area contributed by atoms with E-state index in [0.717, 1.165) is 5.56 Å². The summed E-state index contributed by atoms with van der Waals surface area (Å²) >= 11 is 0. The number of rotatable bonds is 6. The number of carbonyl (C=O) groups is 3. The number of benzene rings is 1. The summed E-state index contributed by atoms with van der Waals surface area (Å²) in [4.78, 5) is 34.5. The van der Waals surface area contributed by atoms with Crippen molar-refractivity contribution in [3.8, 4) is 0 Å². The van der Waals surface area contributed by atoms with Crippen molar-refractivity contribution in [3.63, 3.8) is 0 Å². The smallest absolute Gasteiger partial charge is 0.337 e. The number of carbonyl (C=O) groups excluding carboxylic acids is 3. The number of hydrogen-bond acceptors (Lipinski definition) is 6. The van der Waals surface area contributed by atoms with Gasteiger partial charge in [0.05, 0.1) is 24.8 Å². The van der Waals surface area contributed by atoms with E-state index in [0.29, 0.717) is 17.7 Å². The number of hydrogen-bond donors (Lipinski definition) is 2. The molecule has 8 nitrogen and oxygen atoms in total. The molecule has 2 N–H and O–H groups in total. The second-order valence-electron chi connectivity index (χ2n) is 5.23. The van der Waals surface area contributed by atoms with Crippen molar-refractivity contribution in [2.45, 2.75) is 19.8 Å². The van der Waals surface area contributed by atoms with Crippen LogP contribution in [0.25, 0.3) is 0 Å². The van der Waals surface area contributed by atoms with Gasteiger partial charge in [0.2, 0.25) is 11.8 Å². The van der Waals surface area contributed by atoms with Gasteiger partial charge in [0, 0.05) is 12.1 Å². The standard InChI is InChI=1S/C16H18N4O4/c1-10-13(15(22)20-18-10)7-8-14(21)19-17-9-11-3-5-12(6-4-11)16(23)24-2/h3-6,9,13H,7-8H2,1-2H3,(H,19,21)(H,20,22)/b17-9+/t13-/m0/s1. The summed E-state index contributed by atoms with van der Waals surface area (Å²) in [5.74, 6) is -1.24. The highest BCUT2D eigenvalue weighted by Gasteiger charge is 2.26. The van der Waals surface area contributed by atoms with Crippen molar-refractivity contribution in [2.75, 3.05) is 7.11 Å². The maximum absolute atomic E-state index is 11.7. The molecule has 2 amide bonds. The Kier molecular flexibility index (Phi) is 5.78. The van der Waals surface area contributed by atoms with Crippen LogP contribution in [0.2, 0.25) is 0 Å². The van der Waals surface area contributed by atoms with Gasteiger partial charge in [0.15, 0.2) is 0 Å². The molecule has 0 unspecified atom stereocenters. The van der Waals surface area contributed by atoms with Crippen molar-refractivity contribution < 1.29 is 19.1 Å². The number of nitrogens with zero attached hydrogens (tertiary/aromatic N) is 2. The summed E-state index contributed by atoms with van der Waals surface area (Å²) in [6.45, 7) is 1.75. The van der Waals surface area contributed by atoms with Crippen molar-refractivity contribution in [1.29, 1.82) is 0 Å². The molecular weight excluding hydrogens is 312 g/mol. The zero-order valence-electron chi connectivity index (χ0n) is 13.4. The first-order valence-electron chi connectivity index (χ1n) is 7.35. The van der Waals surface area contributed by atoms with E-state index in [1.54, 1.807) is 31.2 Å². The molecule has 1 aliphatic heterocycles. The summed E-state index contributed by atoms with van der Waals surface area (Å²) in [7, 11) is 1.32. The zero-order chi connectivity index (χ0) is 17.5. The Labute approximate surface area is 139 Å². The monoisotopic (exact) mass is 330 g/mol. The molecule has 1 heterocycles. The topological polar surface area (TPSA) is 109 Å². The first-order chi connectivity index (χ1) is 11.5. The van der Waals surface area contributed by atoms with Crippen LogP contribution in [0.15, 0.2) is 34.5 Å². The minimum absolute atomic E-state index is 0.170. The van der Waals surface area contributed by atoms with E-state index in [9.17, 15) is 14.4 Å². The van der Waals surface area contributed by atoms with E-state index in [4.69, 9.17) is 0 Å². The highest BCUT2D eigenvalue weighted by atomic mass is 16.5. The van der Waals surface area contributed by atoms with E-state index in [1.807, 2.05) is 0 Å². The molecule has 1 aromatic carbocycles. The molecule has 1 atom stereocenters. The van der Waals surface area contributed by atoms with Crippen LogP contribution in [0.4, 0.5) is 0 Å². The van der Waals surface area contributed by atoms with Gasteiger partial charge in [0.25, 0.3) is 0 Å². The molecule has 1 aromatic rings. The molecule has 8 heteroatoms. The summed E-state index contributed by atoms with van der Waals surface area (Å²) in [5.41, 5.74) is 6.62. The maximum Gasteiger partial charge on any atom is 0.337 e. The van der Waals surface area contributed by atoms with Gasteiger partial charge >= 0.3 is 5.97 Å². The van der Waals surface area contributed by atoms with Crippen molar-refractivity contribution >= 4 is 29.7 Å². The molecular formula is C16H18N4O4. The van der Waals surface area contributed by atoms with Crippen LogP contribution in [-0.2, 0) is 14.3 Å². The molecule has 1 aliphatic rings. The molecule has 0 bridgehead atoms. The highest BCUT2D eigenvalue weighted by Crippen LogP contribution is 2.13. The number of methoxy groups -OCH3 is 1. The van der Waals surface area contributed by atoms with Gasteiger partial charge in [-0.2, -0.15) is 10.2 Å². The minimum atomic E-state index is -0.415. The maximum atomic E-state index is 11.7. The molecule has 0 spiro atoms. The van der Waals surface area contributed by atoms with Gasteiger partial charge < -0.3 is 4.74 Å². The Morgan fingerprint density at radius 1 is 1.38 bits per heavy atom. The fourth-order valence-electron chi connectivity index (χ4n) is 2.16. The van der Waals surface area contributed by atoms with Gasteiger partial charge in [-0.25, -0.2) is 15.6 Å². The highest BCUT2D eigenvalue weighted by molar-refractivity contribution is 6.07. The lowest BCUT2D eigenvalue weighted by molar-refractivity contribution is -0.123. The molecule has 0 aromatic heterocycles. The summed E-state index contributed by atoms with van der Waals surface area (Å²) in [6.07, 6.45) is 2.02. The lowest BCUT2D eigenvalue weighted by Gasteiger charge is -2.06. The lowest BCUT2D eigenvalue weighted by atomic mass is 9.99. The molecule has 0 radical (unpaired) electrons. The third kappa shape index (κ3) is 4.48. The fraction of sp³-hybridized carbons (Fsp3) is 0.312. The predicted octanol–water partition coefficient (Wildman–Crippen LogP) is 0.825. The number of hydrazone groups is 2.